The fourth-order valence-electron chi connectivity index (χ4n) is 1.90. The third-order valence-electron chi connectivity index (χ3n) is 2.90. The molecule has 0 bridgehead atoms. The zero-order valence-electron chi connectivity index (χ0n) is 9.59. The van der Waals surface area contributed by atoms with E-state index in [1.807, 2.05) is 23.9 Å². The molecule has 1 atom stereocenters. The topological polar surface area (TPSA) is 55.2 Å². The molecule has 17 heavy (non-hydrogen) atoms. The summed E-state index contributed by atoms with van der Waals surface area (Å²) >= 11 is 1.99. The Morgan fingerprint density at radius 2 is 2.18 bits per heavy atom. The van der Waals surface area contributed by atoms with Gasteiger partial charge < -0.3 is 5.32 Å². The van der Waals surface area contributed by atoms with E-state index in [9.17, 15) is 10.1 Å². The van der Waals surface area contributed by atoms with Crippen LogP contribution in [0, 0.1) is 10.1 Å². The van der Waals surface area contributed by atoms with Crippen molar-refractivity contribution in [1.82, 2.24) is 5.32 Å². The van der Waals surface area contributed by atoms with Crippen LogP contribution in [0.5, 0.6) is 0 Å². The number of rotatable bonds is 4. The molecule has 0 radical (unpaired) electrons. The van der Waals surface area contributed by atoms with Crippen molar-refractivity contribution in [2.45, 2.75) is 25.4 Å². The van der Waals surface area contributed by atoms with Crippen molar-refractivity contribution < 1.29 is 4.92 Å². The molecule has 1 aromatic carbocycles. The van der Waals surface area contributed by atoms with Gasteiger partial charge in [-0.05, 0) is 24.2 Å². The molecule has 1 N–H and O–H groups in total. The summed E-state index contributed by atoms with van der Waals surface area (Å²) in [7, 11) is 0. The number of nitro benzene ring substituents is 1. The van der Waals surface area contributed by atoms with Crippen molar-refractivity contribution in [2.24, 2.45) is 0 Å². The number of hydrogen-bond acceptors (Lipinski definition) is 4. The molecule has 0 aliphatic carbocycles. The van der Waals surface area contributed by atoms with Crippen molar-refractivity contribution in [3.05, 3.63) is 39.9 Å². The molecular formula is C12H16N2O2S. The summed E-state index contributed by atoms with van der Waals surface area (Å²) in [5.74, 6) is 2.45. The minimum Gasteiger partial charge on any atom is -0.309 e. The average Bonchev–Trinajstić information content (AvgIpc) is 2.38. The SMILES string of the molecule is O=[N+]([O-])c1ccc(CNC2CCCSC2)cc1. The van der Waals surface area contributed by atoms with Crippen molar-refractivity contribution in [2.75, 3.05) is 11.5 Å². The number of nitrogens with zero attached hydrogens (tertiary/aromatic N) is 1. The van der Waals surface area contributed by atoms with Gasteiger partial charge in [-0.3, -0.25) is 10.1 Å². The Bertz CT molecular complexity index is 375. The highest BCUT2D eigenvalue weighted by atomic mass is 32.2. The second kappa shape index (κ2) is 6.02. The van der Waals surface area contributed by atoms with Crippen molar-refractivity contribution >= 4 is 17.4 Å². The number of nitro groups is 1. The zero-order chi connectivity index (χ0) is 12.1. The Hall–Kier alpha value is -1.07. The van der Waals surface area contributed by atoms with Crippen LogP contribution in [-0.4, -0.2) is 22.5 Å². The van der Waals surface area contributed by atoms with Gasteiger partial charge >= 0.3 is 0 Å². The molecule has 2 rings (SSSR count). The average molecular weight is 252 g/mol. The van der Waals surface area contributed by atoms with Crippen LogP contribution in [0.15, 0.2) is 24.3 Å². The fraction of sp³-hybridized carbons (Fsp3) is 0.500. The third-order valence-corrected chi connectivity index (χ3v) is 4.12. The smallest absolute Gasteiger partial charge is 0.269 e. The molecule has 1 unspecified atom stereocenters. The summed E-state index contributed by atoms with van der Waals surface area (Å²) < 4.78 is 0. The largest absolute Gasteiger partial charge is 0.309 e. The maximum Gasteiger partial charge on any atom is 0.269 e. The molecule has 5 heteroatoms. The normalized spacial score (nSPS) is 20.1. The van der Waals surface area contributed by atoms with Crippen LogP contribution in [0.2, 0.25) is 0 Å². The summed E-state index contributed by atoms with van der Waals surface area (Å²) in [4.78, 5) is 10.1. The van der Waals surface area contributed by atoms with Crippen molar-refractivity contribution in [1.29, 1.82) is 0 Å². The van der Waals surface area contributed by atoms with Crippen LogP contribution in [-0.2, 0) is 6.54 Å². The first-order valence-electron chi connectivity index (χ1n) is 5.80. The van der Waals surface area contributed by atoms with Gasteiger partial charge in [0.05, 0.1) is 4.92 Å². The molecule has 1 aliphatic heterocycles. The lowest BCUT2D eigenvalue weighted by atomic mass is 10.1. The predicted molar refractivity (Wildman–Crippen MR) is 70.3 cm³/mol. The molecule has 4 nitrogen and oxygen atoms in total. The van der Waals surface area contributed by atoms with Crippen molar-refractivity contribution in [3.63, 3.8) is 0 Å². The van der Waals surface area contributed by atoms with E-state index >= 15 is 0 Å². The molecule has 0 spiro atoms. The number of benzene rings is 1. The van der Waals surface area contributed by atoms with Crippen LogP contribution in [0.3, 0.4) is 0 Å². The van der Waals surface area contributed by atoms with Crippen LogP contribution in [0.4, 0.5) is 5.69 Å². The van der Waals surface area contributed by atoms with E-state index in [2.05, 4.69) is 5.32 Å². The molecule has 0 saturated carbocycles. The first kappa shape index (κ1) is 12.4. The van der Waals surface area contributed by atoms with E-state index in [-0.39, 0.29) is 10.6 Å². The third kappa shape index (κ3) is 3.71. The maximum absolute atomic E-state index is 10.5. The molecule has 0 aromatic heterocycles. The van der Waals surface area contributed by atoms with E-state index in [0.717, 1.165) is 12.1 Å². The van der Waals surface area contributed by atoms with E-state index in [0.29, 0.717) is 6.04 Å². The van der Waals surface area contributed by atoms with Crippen molar-refractivity contribution in [3.8, 4) is 0 Å². The first-order chi connectivity index (χ1) is 8.25. The standard InChI is InChI=1S/C12H16N2O2S/c15-14(16)12-5-3-10(4-6-12)8-13-11-2-1-7-17-9-11/h3-6,11,13H,1-2,7-9H2. The molecular weight excluding hydrogens is 236 g/mol. The Kier molecular flexibility index (Phi) is 4.39. The number of non-ortho nitro benzene ring substituents is 1. The molecule has 0 amide bonds. The number of nitrogens with one attached hydrogen (secondary N) is 1. The fourth-order valence-corrected chi connectivity index (χ4v) is 3.01. The van der Waals surface area contributed by atoms with Crippen LogP contribution in [0.1, 0.15) is 18.4 Å². The molecule has 1 fully saturated rings. The van der Waals surface area contributed by atoms with Gasteiger partial charge in [0.25, 0.3) is 5.69 Å². The minimum atomic E-state index is -0.366. The quantitative estimate of drug-likeness (QED) is 0.661. The summed E-state index contributed by atoms with van der Waals surface area (Å²) in [5.41, 5.74) is 1.26. The van der Waals surface area contributed by atoms with E-state index in [4.69, 9.17) is 0 Å². The number of hydrogen-bond donors (Lipinski definition) is 1. The Morgan fingerprint density at radius 1 is 1.41 bits per heavy atom. The van der Waals surface area contributed by atoms with E-state index < -0.39 is 0 Å². The monoisotopic (exact) mass is 252 g/mol. The highest BCUT2D eigenvalue weighted by molar-refractivity contribution is 7.99. The number of thioether (sulfide) groups is 1. The van der Waals surface area contributed by atoms with E-state index in [1.54, 1.807) is 12.1 Å². The summed E-state index contributed by atoms with van der Waals surface area (Å²) in [6.45, 7) is 0.795. The van der Waals surface area contributed by atoms with Gasteiger partial charge in [-0.1, -0.05) is 12.1 Å². The highest BCUT2D eigenvalue weighted by Gasteiger charge is 2.12. The van der Waals surface area contributed by atoms with Crippen LogP contribution >= 0.6 is 11.8 Å². The van der Waals surface area contributed by atoms with E-state index in [1.165, 1.54) is 24.3 Å². The lowest BCUT2D eigenvalue weighted by molar-refractivity contribution is -0.384. The highest BCUT2D eigenvalue weighted by Crippen LogP contribution is 2.17. The maximum atomic E-state index is 10.5. The molecule has 92 valence electrons. The molecule has 1 heterocycles. The second-order valence-corrected chi connectivity index (χ2v) is 5.37. The summed E-state index contributed by atoms with van der Waals surface area (Å²) in [6, 6.07) is 7.35. The predicted octanol–water partition coefficient (Wildman–Crippen LogP) is 2.58. The van der Waals surface area contributed by atoms with Gasteiger partial charge in [0.1, 0.15) is 0 Å². The molecule has 1 aliphatic rings. The van der Waals surface area contributed by atoms with Gasteiger partial charge in [0.15, 0.2) is 0 Å². The van der Waals surface area contributed by atoms with Crippen LogP contribution in [0.25, 0.3) is 0 Å². The Balaban J connectivity index is 1.84. The second-order valence-electron chi connectivity index (χ2n) is 4.22. The molecule has 1 saturated heterocycles. The lowest BCUT2D eigenvalue weighted by Gasteiger charge is -2.22. The van der Waals surface area contributed by atoms with Gasteiger partial charge in [-0.2, -0.15) is 11.8 Å². The first-order valence-corrected chi connectivity index (χ1v) is 6.95. The molecule has 1 aromatic rings. The van der Waals surface area contributed by atoms with Gasteiger partial charge in [-0.15, -0.1) is 0 Å². The zero-order valence-corrected chi connectivity index (χ0v) is 10.4. The van der Waals surface area contributed by atoms with Crippen LogP contribution < -0.4 is 5.32 Å². The van der Waals surface area contributed by atoms with Gasteiger partial charge in [0, 0.05) is 30.5 Å². The Labute approximate surface area is 105 Å². The Morgan fingerprint density at radius 3 is 2.76 bits per heavy atom. The van der Waals surface area contributed by atoms with Gasteiger partial charge in [-0.25, -0.2) is 0 Å². The summed E-state index contributed by atoms with van der Waals surface area (Å²) in [5, 5.41) is 14.0. The summed E-state index contributed by atoms with van der Waals surface area (Å²) in [6.07, 6.45) is 2.52. The lowest BCUT2D eigenvalue weighted by Crippen LogP contribution is -2.33. The minimum absolute atomic E-state index is 0.155. The van der Waals surface area contributed by atoms with Gasteiger partial charge in [0.2, 0.25) is 0 Å².